The fourth-order valence-corrected chi connectivity index (χ4v) is 5.08. The Kier molecular flexibility index (Phi) is 4.88. The van der Waals surface area contributed by atoms with Crippen molar-refractivity contribution in [3.05, 3.63) is 69.1 Å². The molecule has 4 rings (SSSR count). The molecule has 0 fully saturated rings. The van der Waals surface area contributed by atoms with Crippen LogP contribution >= 0.6 is 23.1 Å². The van der Waals surface area contributed by atoms with E-state index in [1.807, 2.05) is 29.8 Å². The van der Waals surface area contributed by atoms with Crippen molar-refractivity contribution < 1.29 is 4.79 Å². The highest BCUT2D eigenvalue weighted by molar-refractivity contribution is 7.98. The standard InChI is InChI=1S/C20H20N4OS2/c1-12-9-10-26-18(12)17-16(14(3)25)13(2)21-19-22-20(23-24(17)19)27-11-15-7-5-4-6-8-15/h4-10,17H,11H2,1-3H3,(H,21,22,23). The van der Waals surface area contributed by atoms with Gasteiger partial charge in [-0.15, -0.1) is 16.4 Å². The second kappa shape index (κ2) is 7.32. The highest BCUT2D eigenvalue weighted by atomic mass is 32.2. The van der Waals surface area contributed by atoms with Crippen LogP contribution in [0.4, 0.5) is 5.95 Å². The van der Waals surface area contributed by atoms with Crippen LogP contribution in [0.1, 0.15) is 35.9 Å². The van der Waals surface area contributed by atoms with Gasteiger partial charge in [-0.3, -0.25) is 4.79 Å². The van der Waals surface area contributed by atoms with Gasteiger partial charge in [0.25, 0.3) is 0 Å². The zero-order valence-corrected chi connectivity index (χ0v) is 17.0. The second-order valence-electron chi connectivity index (χ2n) is 6.53. The summed E-state index contributed by atoms with van der Waals surface area (Å²) in [6.07, 6.45) is 0. The van der Waals surface area contributed by atoms with Gasteiger partial charge < -0.3 is 5.32 Å². The number of carbonyl (C=O) groups excluding carboxylic acids is 1. The summed E-state index contributed by atoms with van der Waals surface area (Å²) in [6, 6.07) is 12.1. The Hall–Kier alpha value is -2.38. The third-order valence-corrected chi connectivity index (χ3v) is 6.55. The molecule has 2 aromatic heterocycles. The van der Waals surface area contributed by atoms with E-state index in [-0.39, 0.29) is 11.8 Å². The van der Waals surface area contributed by atoms with Gasteiger partial charge >= 0.3 is 0 Å². The number of ketones is 1. The predicted octanol–water partition coefficient (Wildman–Crippen LogP) is 4.82. The molecule has 1 atom stereocenters. The van der Waals surface area contributed by atoms with E-state index in [0.717, 1.165) is 21.9 Å². The van der Waals surface area contributed by atoms with Gasteiger partial charge in [-0.25, -0.2) is 4.68 Å². The van der Waals surface area contributed by atoms with E-state index in [0.29, 0.717) is 11.1 Å². The first-order valence-electron chi connectivity index (χ1n) is 8.70. The summed E-state index contributed by atoms with van der Waals surface area (Å²) in [4.78, 5) is 18.2. The van der Waals surface area contributed by atoms with Gasteiger partial charge in [-0.05, 0) is 43.3 Å². The van der Waals surface area contributed by atoms with Gasteiger partial charge in [0, 0.05) is 21.9 Å². The van der Waals surface area contributed by atoms with Crippen LogP contribution in [0.15, 0.2) is 58.2 Å². The van der Waals surface area contributed by atoms with E-state index >= 15 is 0 Å². The highest BCUT2D eigenvalue weighted by Crippen LogP contribution is 2.39. The Balaban J connectivity index is 1.70. The molecule has 0 spiro atoms. The number of Topliss-reactive ketones (excluding diaryl/α,β-unsaturated/α-hetero) is 1. The number of nitrogens with one attached hydrogen (secondary N) is 1. The molecule has 0 amide bonds. The van der Waals surface area contributed by atoms with Gasteiger partial charge in [0.1, 0.15) is 6.04 Å². The molecule has 0 bridgehead atoms. The Morgan fingerprint density at radius 1 is 1.26 bits per heavy atom. The number of carbonyl (C=O) groups is 1. The van der Waals surface area contributed by atoms with Gasteiger partial charge in [-0.2, -0.15) is 4.98 Å². The lowest BCUT2D eigenvalue weighted by Crippen LogP contribution is -2.27. The first-order valence-corrected chi connectivity index (χ1v) is 10.6. The molecule has 27 heavy (non-hydrogen) atoms. The number of hydrogen-bond donors (Lipinski definition) is 1. The number of fused-ring (bicyclic) bond motifs is 1. The van der Waals surface area contributed by atoms with E-state index in [9.17, 15) is 4.79 Å². The average molecular weight is 397 g/mol. The minimum absolute atomic E-state index is 0.0532. The molecular weight excluding hydrogens is 376 g/mol. The summed E-state index contributed by atoms with van der Waals surface area (Å²) in [7, 11) is 0. The number of hydrogen-bond acceptors (Lipinski definition) is 6. The fourth-order valence-electron chi connectivity index (χ4n) is 3.28. The number of thioether (sulfide) groups is 1. The Morgan fingerprint density at radius 3 is 2.70 bits per heavy atom. The van der Waals surface area contributed by atoms with Crippen molar-refractivity contribution in [2.75, 3.05) is 5.32 Å². The molecule has 0 saturated heterocycles. The number of rotatable bonds is 5. The largest absolute Gasteiger partial charge is 0.328 e. The number of anilines is 1. The predicted molar refractivity (Wildman–Crippen MR) is 110 cm³/mol. The smallest absolute Gasteiger partial charge is 0.227 e. The Labute approximate surface area is 166 Å². The summed E-state index contributed by atoms with van der Waals surface area (Å²) >= 11 is 3.25. The topological polar surface area (TPSA) is 59.8 Å². The molecule has 5 nitrogen and oxygen atoms in total. The molecule has 7 heteroatoms. The molecule has 1 aliphatic heterocycles. The summed E-state index contributed by atoms with van der Waals surface area (Å²) in [5, 5.41) is 10.8. The van der Waals surface area contributed by atoms with Crippen LogP contribution in [0.5, 0.6) is 0 Å². The maximum Gasteiger partial charge on any atom is 0.227 e. The SMILES string of the molecule is CC(=O)C1=C(C)Nc2nc(SCc3ccccc3)nn2C1c1sccc1C. The molecule has 3 aromatic rings. The number of allylic oxidation sites excluding steroid dienone is 2. The quantitative estimate of drug-likeness (QED) is 0.627. The summed E-state index contributed by atoms with van der Waals surface area (Å²) in [5.41, 5.74) is 3.99. The summed E-state index contributed by atoms with van der Waals surface area (Å²) < 4.78 is 1.86. The molecule has 0 radical (unpaired) electrons. The van der Waals surface area contributed by atoms with E-state index in [4.69, 9.17) is 5.10 Å². The number of aromatic nitrogens is 3. The molecule has 1 aliphatic rings. The lowest BCUT2D eigenvalue weighted by atomic mass is 9.97. The number of aryl methyl sites for hydroxylation is 1. The number of thiophene rings is 1. The number of nitrogens with zero attached hydrogens (tertiary/aromatic N) is 3. The monoisotopic (exact) mass is 396 g/mol. The van der Waals surface area contributed by atoms with Crippen molar-refractivity contribution in [2.45, 2.75) is 37.7 Å². The van der Waals surface area contributed by atoms with Crippen LogP contribution in [0.2, 0.25) is 0 Å². The average Bonchev–Trinajstić information content (AvgIpc) is 3.25. The Bertz CT molecular complexity index is 1020. The zero-order valence-electron chi connectivity index (χ0n) is 15.4. The van der Waals surface area contributed by atoms with Gasteiger partial charge in [0.05, 0.1) is 0 Å². The second-order valence-corrected chi connectivity index (χ2v) is 8.42. The summed E-state index contributed by atoms with van der Waals surface area (Å²) in [6.45, 7) is 5.62. The zero-order chi connectivity index (χ0) is 19.0. The molecule has 1 aromatic carbocycles. The lowest BCUT2D eigenvalue weighted by molar-refractivity contribution is -0.114. The van der Waals surface area contributed by atoms with Gasteiger partial charge in [0.15, 0.2) is 5.78 Å². The minimum atomic E-state index is -0.225. The highest BCUT2D eigenvalue weighted by Gasteiger charge is 2.34. The lowest BCUT2D eigenvalue weighted by Gasteiger charge is -2.27. The maximum atomic E-state index is 12.4. The Morgan fingerprint density at radius 2 is 2.04 bits per heavy atom. The third-order valence-electron chi connectivity index (χ3n) is 4.57. The van der Waals surface area contributed by atoms with Gasteiger partial charge in [0.2, 0.25) is 11.1 Å². The van der Waals surface area contributed by atoms with Crippen molar-refractivity contribution in [1.82, 2.24) is 14.8 Å². The molecule has 138 valence electrons. The van der Waals surface area contributed by atoms with E-state index in [1.54, 1.807) is 30.0 Å². The van der Waals surface area contributed by atoms with Crippen LogP contribution < -0.4 is 5.32 Å². The normalized spacial score (nSPS) is 16.2. The minimum Gasteiger partial charge on any atom is -0.328 e. The van der Waals surface area contributed by atoms with Crippen LogP contribution in [0.3, 0.4) is 0 Å². The first-order chi connectivity index (χ1) is 13.0. The van der Waals surface area contributed by atoms with Gasteiger partial charge in [-0.1, -0.05) is 42.1 Å². The maximum absolute atomic E-state index is 12.4. The van der Waals surface area contributed by atoms with Crippen molar-refractivity contribution in [1.29, 1.82) is 0 Å². The molecule has 3 heterocycles. The fraction of sp³-hybridized carbons (Fsp3) is 0.250. The molecule has 1 N–H and O–H groups in total. The first kappa shape index (κ1) is 18.0. The molecule has 0 aliphatic carbocycles. The summed E-state index contributed by atoms with van der Waals surface area (Å²) in [5.74, 6) is 1.54. The van der Waals surface area contributed by atoms with E-state index in [1.165, 1.54) is 11.1 Å². The van der Waals surface area contributed by atoms with Crippen molar-refractivity contribution in [3.63, 3.8) is 0 Å². The van der Waals surface area contributed by atoms with Crippen LogP contribution in [0.25, 0.3) is 0 Å². The van der Waals surface area contributed by atoms with Crippen molar-refractivity contribution >= 4 is 34.8 Å². The van der Waals surface area contributed by atoms with Crippen molar-refractivity contribution in [2.24, 2.45) is 0 Å². The molecule has 0 saturated carbocycles. The van der Waals surface area contributed by atoms with E-state index < -0.39 is 0 Å². The van der Waals surface area contributed by atoms with Crippen LogP contribution in [-0.4, -0.2) is 20.5 Å². The third kappa shape index (κ3) is 3.44. The van der Waals surface area contributed by atoms with Crippen molar-refractivity contribution in [3.8, 4) is 0 Å². The number of benzene rings is 1. The van der Waals surface area contributed by atoms with E-state index in [2.05, 4.69) is 40.8 Å². The molecule has 1 unspecified atom stereocenters. The van der Waals surface area contributed by atoms with Crippen LogP contribution in [-0.2, 0) is 10.5 Å². The van der Waals surface area contributed by atoms with Crippen LogP contribution in [0, 0.1) is 6.92 Å². The molecular formula is C20H20N4OS2.